The van der Waals surface area contributed by atoms with Crippen LogP contribution in [0.2, 0.25) is 0 Å². The SMILES string of the molecule is C[C@H]1CCCC[C@@]12NC(=O)N(CC(=O)N1CCN(c3ncccn3)CC1)C2=O. The summed E-state index contributed by atoms with van der Waals surface area (Å²) in [6.07, 6.45) is 6.94. The summed E-state index contributed by atoms with van der Waals surface area (Å²) in [5.41, 5.74) is -0.820. The average Bonchev–Trinajstić information content (AvgIpc) is 2.96. The molecule has 1 spiro atoms. The molecule has 1 aliphatic carbocycles. The standard InChI is InChI=1S/C19H26N6O3/c1-14-5-2-3-6-19(14)16(27)25(18(28)22-19)13-15(26)23-9-11-24(12-10-23)17-20-7-4-8-21-17/h4,7-8,14H,2-3,5-6,9-13H2,1H3,(H,22,28)/t14-,19+/m0/s1. The summed E-state index contributed by atoms with van der Waals surface area (Å²) in [6.45, 7) is 4.09. The maximum absolute atomic E-state index is 13.0. The van der Waals surface area contributed by atoms with Crippen molar-refractivity contribution in [3.63, 3.8) is 0 Å². The first-order valence-corrected chi connectivity index (χ1v) is 9.95. The summed E-state index contributed by atoms with van der Waals surface area (Å²) >= 11 is 0. The van der Waals surface area contributed by atoms with Crippen LogP contribution in [0.3, 0.4) is 0 Å². The Labute approximate surface area is 164 Å². The van der Waals surface area contributed by atoms with E-state index in [1.807, 2.05) is 11.8 Å². The van der Waals surface area contributed by atoms with E-state index >= 15 is 0 Å². The van der Waals surface area contributed by atoms with Gasteiger partial charge in [0.2, 0.25) is 11.9 Å². The normalized spacial score (nSPS) is 28.0. The van der Waals surface area contributed by atoms with Crippen LogP contribution in [0, 0.1) is 5.92 Å². The van der Waals surface area contributed by atoms with Gasteiger partial charge in [-0.05, 0) is 24.8 Å². The molecule has 9 heteroatoms. The van der Waals surface area contributed by atoms with Gasteiger partial charge in [0.25, 0.3) is 5.91 Å². The third-order valence-corrected chi connectivity index (χ3v) is 6.26. The molecular formula is C19H26N6O3. The van der Waals surface area contributed by atoms with Gasteiger partial charge in [0, 0.05) is 38.6 Å². The monoisotopic (exact) mass is 386 g/mol. The number of amides is 4. The maximum atomic E-state index is 13.0. The Morgan fingerprint density at radius 3 is 2.57 bits per heavy atom. The van der Waals surface area contributed by atoms with Crippen LogP contribution in [0.1, 0.15) is 32.6 Å². The number of aromatic nitrogens is 2. The fourth-order valence-electron chi connectivity index (χ4n) is 4.48. The van der Waals surface area contributed by atoms with Crippen molar-refractivity contribution in [1.29, 1.82) is 0 Å². The highest BCUT2D eigenvalue weighted by Gasteiger charge is 2.55. The lowest BCUT2D eigenvalue weighted by atomic mass is 9.73. The molecule has 1 saturated carbocycles. The van der Waals surface area contributed by atoms with E-state index in [1.54, 1.807) is 23.4 Å². The van der Waals surface area contributed by atoms with E-state index < -0.39 is 11.6 Å². The van der Waals surface area contributed by atoms with Gasteiger partial charge in [0.15, 0.2) is 0 Å². The van der Waals surface area contributed by atoms with E-state index in [1.165, 1.54) is 0 Å². The third-order valence-electron chi connectivity index (χ3n) is 6.26. The molecule has 3 heterocycles. The summed E-state index contributed by atoms with van der Waals surface area (Å²) < 4.78 is 0. The smallest absolute Gasteiger partial charge is 0.325 e. The van der Waals surface area contributed by atoms with Crippen molar-refractivity contribution >= 4 is 23.8 Å². The summed E-state index contributed by atoms with van der Waals surface area (Å²) in [5, 5.41) is 2.90. The Hall–Kier alpha value is -2.71. The predicted octanol–water partition coefficient (Wildman–Crippen LogP) is 0.626. The summed E-state index contributed by atoms with van der Waals surface area (Å²) in [5.74, 6) is 0.302. The number of carbonyl (C=O) groups is 3. The molecule has 1 aromatic rings. The summed E-state index contributed by atoms with van der Waals surface area (Å²) in [7, 11) is 0. The highest BCUT2D eigenvalue weighted by Crippen LogP contribution is 2.38. The molecule has 0 radical (unpaired) electrons. The second-order valence-electron chi connectivity index (χ2n) is 7.86. The van der Waals surface area contributed by atoms with Crippen molar-refractivity contribution in [3.8, 4) is 0 Å². The lowest BCUT2D eigenvalue weighted by Crippen LogP contribution is -2.55. The number of nitrogens with one attached hydrogen (secondary N) is 1. The number of hydrogen-bond donors (Lipinski definition) is 1. The van der Waals surface area contributed by atoms with Crippen LogP contribution >= 0.6 is 0 Å². The molecule has 3 aliphatic rings. The zero-order valence-electron chi connectivity index (χ0n) is 16.1. The molecule has 2 saturated heterocycles. The Bertz CT molecular complexity index is 764. The predicted molar refractivity (Wildman–Crippen MR) is 101 cm³/mol. The van der Waals surface area contributed by atoms with Crippen LogP contribution in [0.15, 0.2) is 18.5 Å². The van der Waals surface area contributed by atoms with E-state index in [-0.39, 0.29) is 24.3 Å². The Kier molecular flexibility index (Phi) is 4.91. The van der Waals surface area contributed by atoms with Crippen molar-refractivity contribution in [1.82, 2.24) is 25.1 Å². The van der Waals surface area contributed by atoms with Crippen molar-refractivity contribution in [2.24, 2.45) is 5.92 Å². The summed E-state index contributed by atoms with van der Waals surface area (Å²) in [4.78, 5) is 51.5. The number of piperazine rings is 1. The molecule has 0 aromatic carbocycles. The van der Waals surface area contributed by atoms with Gasteiger partial charge in [-0.15, -0.1) is 0 Å². The number of rotatable bonds is 3. The van der Waals surface area contributed by atoms with Crippen LogP contribution < -0.4 is 10.2 Å². The summed E-state index contributed by atoms with van der Waals surface area (Å²) in [6, 6.07) is 1.32. The van der Waals surface area contributed by atoms with Crippen LogP contribution in [-0.4, -0.2) is 75.9 Å². The first-order valence-electron chi connectivity index (χ1n) is 9.95. The molecule has 1 N–H and O–H groups in total. The molecule has 0 bridgehead atoms. The molecule has 1 aromatic heterocycles. The number of carbonyl (C=O) groups excluding carboxylic acids is 3. The lowest BCUT2D eigenvalue weighted by Gasteiger charge is -2.37. The highest BCUT2D eigenvalue weighted by atomic mass is 16.2. The van der Waals surface area contributed by atoms with Gasteiger partial charge in [-0.2, -0.15) is 0 Å². The Balaban J connectivity index is 1.36. The molecule has 0 unspecified atom stereocenters. The van der Waals surface area contributed by atoms with E-state index in [0.29, 0.717) is 38.5 Å². The molecular weight excluding hydrogens is 360 g/mol. The van der Waals surface area contributed by atoms with Crippen LogP contribution in [0.5, 0.6) is 0 Å². The Morgan fingerprint density at radius 1 is 1.18 bits per heavy atom. The van der Waals surface area contributed by atoms with Gasteiger partial charge >= 0.3 is 6.03 Å². The van der Waals surface area contributed by atoms with E-state index in [2.05, 4.69) is 15.3 Å². The zero-order valence-corrected chi connectivity index (χ0v) is 16.1. The topological polar surface area (TPSA) is 98.7 Å². The first kappa shape index (κ1) is 18.6. The minimum Gasteiger partial charge on any atom is -0.338 e. The van der Waals surface area contributed by atoms with E-state index in [4.69, 9.17) is 0 Å². The lowest BCUT2D eigenvalue weighted by molar-refractivity contribution is -0.140. The van der Waals surface area contributed by atoms with Crippen LogP contribution in [0.4, 0.5) is 10.7 Å². The van der Waals surface area contributed by atoms with E-state index in [0.717, 1.165) is 24.2 Å². The number of nitrogens with zero attached hydrogens (tertiary/aromatic N) is 5. The highest BCUT2D eigenvalue weighted by molar-refractivity contribution is 6.09. The number of hydrogen-bond acceptors (Lipinski definition) is 6. The van der Waals surface area contributed by atoms with Crippen molar-refractivity contribution in [3.05, 3.63) is 18.5 Å². The van der Waals surface area contributed by atoms with Crippen molar-refractivity contribution in [2.45, 2.75) is 38.1 Å². The number of anilines is 1. The third kappa shape index (κ3) is 3.18. The molecule has 2 atom stereocenters. The van der Waals surface area contributed by atoms with Crippen molar-refractivity contribution in [2.75, 3.05) is 37.6 Å². The second-order valence-corrected chi connectivity index (χ2v) is 7.86. The molecule has 28 heavy (non-hydrogen) atoms. The average molecular weight is 386 g/mol. The maximum Gasteiger partial charge on any atom is 0.325 e. The van der Waals surface area contributed by atoms with Gasteiger partial charge in [-0.3, -0.25) is 14.5 Å². The molecule has 4 rings (SSSR count). The molecule has 2 aliphatic heterocycles. The van der Waals surface area contributed by atoms with Gasteiger partial charge in [0.05, 0.1) is 0 Å². The fraction of sp³-hybridized carbons (Fsp3) is 0.632. The molecule has 3 fully saturated rings. The minimum atomic E-state index is -0.820. The van der Waals surface area contributed by atoms with Crippen LogP contribution in [-0.2, 0) is 9.59 Å². The number of urea groups is 1. The molecule has 150 valence electrons. The first-order chi connectivity index (χ1) is 13.5. The zero-order chi connectivity index (χ0) is 19.7. The van der Waals surface area contributed by atoms with Gasteiger partial charge < -0.3 is 15.1 Å². The van der Waals surface area contributed by atoms with Gasteiger partial charge in [-0.25, -0.2) is 14.8 Å². The second kappa shape index (κ2) is 7.37. The number of imide groups is 1. The largest absolute Gasteiger partial charge is 0.338 e. The van der Waals surface area contributed by atoms with Gasteiger partial charge in [-0.1, -0.05) is 19.8 Å². The minimum absolute atomic E-state index is 0.0900. The molecule has 4 amide bonds. The Morgan fingerprint density at radius 2 is 1.89 bits per heavy atom. The van der Waals surface area contributed by atoms with Crippen LogP contribution in [0.25, 0.3) is 0 Å². The van der Waals surface area contributed by atoms with Crippen molar-refractivity contribution < 1.29 is 14.4 Å². The molecule has 9 nitrogen and oxygen atoms in total. The fourth-order valence-corrected chi connectivity index (χ4v) is 4.48. The van der Waals surface area contributed by atoms with Gasteiger partial charge in [0.1, 0.15) is 12.1 Å². The van der Waals surface area contributed by atoms with E-state index in [9.17, 15) is 14.4 Å². The quantitative estimate of drug-likeness (QED) is 0.765.